The van der Waals surface area contributed by atoms with Gasteiger partial charge in [-0.25, -0.2) is 4.79 Å². The molecular formula is C33H29Cl2N3O5. The van der Waals surface area contributed by atoms with Crippen LogP contribution in [0.2, 0.25) is 10.0 Å². The molecule has 7 rings (SSSR count). The number of fused-ring (bicyclic) bond motifs is 1. The fraction of sp³-hybridized carbons (Fsp3) is 0.303. The summed E-state index contributed by atoms with van der Waals surface area (Å²) < 4.78 is 13.6. The van der Waals surface area contributed by atoms with Crippen LogP contribution < -0.4 is 4.74 Å². The van der Waals surface area contributed by atoms with Gasteiger partial charge >= 0.3 is 5.97 Å². The first-order chi connectivity index (χ1) is 20.6. The first-order valence-electron chi connectivity index (χ1n) is 14.2. The minimum atomic E-state index is -1.07. The number of nitrogens with zero attached hydrogens (tertiary/aromatic N) is 3. The van der Waals surface area contributed by atoms with E-state index in [2.05, 4.69) is 10.3 Å². The number of rotatable bonds is 8. The smallest absolute Gasteiger partial charge is 0.357 e. The van der Waals surface area contributed by atoms with E-state index in [4.69, 9.17) is 32.5 Å². The predicted molar refractivity (Wildman–Crippen MR) is 163 cm³/mol. The molecule has 0 saturated heterocycles. The summed E-state index contributed by atoms with van der Waals surface area (Å²) >= 11 is 13.3. The Labute approximate surface area is 257 Å². The number of hydrogen-bond acceptors (Lipinski definition) is 6. The van der Waals surface area contributed by atoms with E-state index < -0.39 is 11.6 Å². The molecule has 220 valence electrons. The molecule has 2 saturated carbocycles. The average molecular weight is 619 g/mol. The van der Waals surface area contributed by atoms with Crippen LogP contribution in [0, 0.1) is 6.92 Å². The molecule has 2 aliphatic rings. The number of ether oxygens (including phenoxy) is 1. The highest BCUT2D eigenvalue weighted by Gasteiger charge is 2.46. The number of aryl methyl sites for hydroxylation is 2. The first kappa shape index (κ1) is 28.0. The highest BCUT2D eigenvalue weighted by molar-refractivity contribution is 6.33. The molecule has 0 atom stereocenters. The molecule has 0 aliphatic heterocycles. The minimum Gasteiger partial charge on any atom is -0.489 e. The van der Waals surface area contributed by atoms with Crippen molar-refractivity contribution >= 4 is 40.1 Å². The Bertz CT molecular complexity index is 1880. The molecular weight excluding hydrogens is 589 g/mol. The SMILES string of the molecule is Cc1cccc(Cl)c1-c1noc(C2CC2)c1COc1ccc([C@]2(O)C[C@H](c3ccc4c(C(=O)O)nn(C)c4c3)C2)c(Cl)c1. The standard InChI is InChI=1S/C33H29Cl2N3O5/c1-17-4-3-5-25(34)28(17)29-23(31(43-37-29)18-6-7-18)16-42-21-9-11-24(26(35)13-21)33(41)14-20(15-33)19-8-10-22-27(12-19)38(2)36-30(22)32(39)40/h3-5,8-13,18,20,41H,6-7,14-16H2,1-2H3,(H,39,40)/t20-,33-. The topological polar surface area (TPSA) is 111 Å². The number of carbonyl (C=O) groups is 1. The Morgan fingerprint density at radius 2 is 1.88 bits per heavy atom. The summed E-state index contributed by atoms with van der Waals surface area (Å²) in [6.07, 6.45) is 3.10. The second kappa shape index (κ2) is 10.4. The van der Waals surface area contributed by atoms with Crippen molar-refractivity contribution in [2.75, 3.05) is 0 Å². The van der Waals surface area contributed by atoms with E-state index in [9.17, 15) is 15.0 Å². The van der Waals surface area contributed by atoms with Gasteiger partial charge in [0.15, 0.2) is 5.69 Å². The maximum Gasteiger partial charge on any atom is 0.357 e. The van der Waals surface area contributed by atoms with Crippen molar-refractivity contribution in [3.05, 3.63) is 98.4 Å². The second-order valence-electron chi connectivity index (χ2n) is 11.7. The number of hydrogen-bond donors (Lipinski definition) is 2. The zero-order chi connectivity index (χ0) is 30.0. The van der Waals surface area contributed by atoms with Gasteiger partial charge in [0.1, 0.15) is 23.8 Å². The molecule has 5 aromatic rings. The molecule has 2 aliphatic carbocycles. The van der Waals surface area contributed by atoms with Crippen molar-refractivity contribution in [3.63, 3.8) is 0 Å². The maximum absolute atomic E-state index is 11.5. The zero-order valence-electron chi connectivity index (χ0n) is 23.6. The van der Waals surface area contributed by atoms with Gasteiger partial charge in [-0.2, -0.15) is 5.10 Å². The van der Waals surface area contributed by atoms with Crippen LogP contribution in [0.4, 0.5) is 0 Å². The van der Waals surface area contributed by atoms with Crippen LogP contribution >= 0.6 is 23.2 Å². The zero-order valence-corrected chi connectivity index (χ0v) is 25.1. The number of aliphatic hydroxyl groups is 1. The van der Waals surface area contributed by atoms with Crippen LogP contribution in [0.3, 0.4) is 0 Å². The summed E-state index contributed by atoms with van der Waals surface area (Å²) in [6, 6.07) is 16.8. The number of carboxylic acids is 1. The van der Waals surface area contributed by atoms with E-state index in [0.717, 1.165) is 46.4 Å². The summed E-state index contributed by atoms with van der Waals surface area (Å²) in [5.41, 5.74) is 4.83. The fourth-order valence-corrected chi connectivity index (χ4v) is 6.93. The van der Waals surface area contributed by atoms with E-state index in [1.807, 2.05) is 49.4 Å². The van der Waals surface area contributed by atoms with Crippen molar-refractivity contribution in [2.45, 2.75) is 56.7 Å². The largest absolute Gasteiger partial charge is 0.489 e. The minimum absolute atomic E-state index is 0.0336. The Balaban J connectivity index is 1.08. The Morgan fingerprint density at radius 1 is 1.09 bits per heavy atom. The van der Waals surface area contributed by atoms with Crippen molar-refractivity contribution in [3.8, 4) is 17.0 Å². The summed E-state index contributed by atoms with van der Waals surface area (Å²) in [6.45, 7) is 2.25. The van der Waals surface area contributed by atoms with E-state index >= 15 is 0 Å². The van der Waals surface area contributed by atoms with E-state index in [1.165, 1.54) is 0 Å². The van der Waals surface area contributed by atoms with Crippen molar-refractivity contribution < 1.29 is 24.3 Å². The van der Waals surface area contributed by atoms with E-state index in [1.54, 1.807) is 23.9 Å². The third kappa shape index (κ3) is 4.87. The summed E-state index contributed by atoms with van der Waals surface area (Å²) in [4.78, 5) is 11.5. The van der Waals surface area contributed by atoms with Crippen molar-refractivity contribution in [2.24, 2.45) is 7.05 Å². The van der Waals surface area contributed by atoms with Crippen LogP contribution in [0.5, 0.6) is 5.75 Å². The molecule has 0 spiro atoms. The van der Waals surface area contributed by atoms with Crippen LogP contribution in [0.1, 0.15) is 76.0 Å². The molecule has 0 bridgehead atoms. The lowest BCUT2D eigenvalue weighted by Gasteiger charge is -2.44. The number of aromatic carboxylic acids is 1. The van der Waals surface area contributed by atoms with Crippen LogP contribution in [-0.4, -0.2) is 31.1 Å². The number of benzene rings is 3. The van der Waals surface area contributed by atoms with Gasteiger partial charge in [0.25, 0.3) is 0 Å². The Hall–Kier alpha value is -3.85. The molecule has 0 amide bonds. The van der Waals surface area contributed by atoms with Crippen molar-refractivity contribution in [1.29, 1.82) is 0 Å². The van der Waals surface area contributed by atoms with Crippen LogP contribution in [-0.2, 0) is 19.3 Å². The second-order valence-corrected chi connectivity index (χ2v) is 12.5. The molecule has 0 radical (unpaired) electrons. The molecule has 2 fully saturated rings. The van der Waals surface area contributed by atoms with Crippen LogP contribution in [0.15, 0.2) is 59.1 Å². The Kier molecular flexibility index (Phi) is 6.76. The third-order valence-electron chi connectivity index (χ3n) is 8.77. The van der Waals surface area contributed by atoms with Gasteiger partial charge in [-0.05, 0) is 73.9 Å². The lowest BCUT2D eigenvalue weighted by atomic mass is 9.65. The van der Waals surface area contributed by atoms with Gasteiger partial charge in [0.2, 0.25) is 0 Å². The van der Waals surface area contributed by atoms with Gasteiger partial charge in [-0.15, -0.1) is 0 Å². The van der Waals surface area contributed by atoms with Gasteiger partial charge in [0.05, 0.1) is 26.7 Å². The quantitative estimate of drug-likeness (QED) is 0.183. The highest BCUT2D eigenvalue weighted by atomic mass is 35.5. The van der Waals surface area contributed by atoms with Gasteiger partial charge in [0, 0.05) is 29.5 Å². The molecule has 43 heavy (non-hydrogen) atoms. The van der Waals surface area contributed by atoms with Crippen molar-refractivity contribution in [1.82, 2.24) is 14.9 Å². The predicted octanol–water partition coefficient (Wildman–Crippen LogP) is 7.76. The molecule has 0 unspecified atom stereocenters. The summed E-state index contributed by atoms with van der Waals surface area (Å²) in [5, 5.41) is 31.1. The lowest BCUT2D eigenvalue weighted by Crippen LogP contribution is -2.40. The lowest BCUT2D eigenvalue weighted by molar-refractivity contribution is -0.0549. The molecule has 2 aromatic heterocycles. The maximum atomic E-state index is 11.5. The monoisotopic (exact) mass is 617 g/mol. The average Bonchev–Trinajstić information content (AvgIpc) is 3.63. The number of carboxylic acid groups (broad SMARTS) is 1. The van der Waals surface area contributed by atoms with Crippen LogP contribution in [0.25, 0.3) is 22.2 Å². The summed E-state index contributed by atoms with van der Waals surface area (Å²) in [5.74, 6) is 0.807. The summed E-state index contributed by atoms with van der Waals surface area (Å²) in [7, 11) is 1.73. The van der Waals surface area contributed by atoms with Gasteiger partial charge in [-0.1, -0.05) is 58.7 Å². The Morgan fingerprint density at radius 3 is 2.58 bits per heavy atom. The molecule has 2 heterocycles. The van der Waals surface area contributed by atoms with E-state index in [-0.39, 0.29) is 18.2 Å². The van der Waals surface area contributed by atoms with Gasteiger partial charge in [-0.3, -0.25) is 4.68 Å². The number of aromatic nitrogens is 3. The fourth-order valence-electron chi connectivity index (χ4n) is 6.27. The number of halogens is 2. The first-order valence-corrected chi connectivity index (χ1v) is 15.0. The normalized spacial score (nSPS) is 19.9. The molecule has 2 N–H and O–H groups in total. The molecule has 3 aromatic carbocycles. The van der Waals surface area contributed by atoms with Gasteiger partial charge < -0.3 is 19.5 Å². The molecule has 10 heteroatoms. The van der Waals surface area contributed by atoms with E-state index in [0.29, 0.717) is 51.2 Å². The third-order valence-corrected chi connectivity index (χ3v) is 9.40. The highest BCUT2D eigenvalue weighted by Crippen LogP contribution is 2.53. The molecule has 8 nitrogen and oxygen atoms in total.